The summed E-state index contributed by atoms with van der Waals surface area (Å²) in [4.78, 5) is 0.145. The Kier molecular flexibility index (Phi) is 5.04. The van der Waals surface area contributed by atoms with Gasteiger partial charge >= 0.3 is 0 Å². The Morgan fingerprint density at radius 3 is 2.41 bits per heavy atom. The average Bonchev–Trinajstić information content (AvgIpc) is 2.63. The molecule has 7 heteroatoms. The zero-order valence-corrected chi connectivity index (χ0v) is 12.0. The van der Waals surface area contributed by atoms with Crippen molar-refractivity contribution in [2.24, 2.45) is 0 Å². The van der Waals surface area contributed by atoms with Crippen molar-refractivity contribution in [2.45, 2.75) is 38.1 Å². The van der Waals surface area contributed by atoms with Crippen LogP contribution in [-0.4, -0.2) is 18.2 Å². The van der Waals surface area contributed by atoms with Gasteiger partial charge in [-0.2, -0.15) is 5.10 Å². The molecule has 0 saturated carbocycles. The second kappa shape index (κ2) is 5.89. The lowest BCUT2D eigenvalue weighted by Gasteiger charge is -2.03. The second-order valence-corrected chi connectivity index (χ2v) is 6.17. The van der Waals surface area contributed by atoms with Gasteiger partial charge in [0.25, 0.3) is 9.05 Å². The van der Waals surface area contributed by atoms with Gasteiger partial charge in [0, 0.05) is 16.2 Å². The van der Waals surface area contributed by atoms with Gasteiger partial charge in [-0.1, -0.05) is 31.5 Å². The first-order valence-corrected chi connectivity index (χ1v) is 7.98. The number of allylic oxidation sites excluding steroid dienone is 1. The highest BCUT2D eigenvalue weighted by atomic mass is 35.7. The molecule has 0 bridgehead atoms. The van der Waals surface area contributed by atoms with E-state index in [-0.39, 0.29) is 4.90 Å². The molecule has 96 valence electrons. The van der Waals surface area contributed by atoms with Gasteiger partial charge in [-0.15, -0.1) is 0 Å². The molecule has 1 aromatic heterocycles. The molecule has 0 radical (unpaired) electrons. The Labute approximate surface area is 111 Å². The smallest absolute Gasteiger partial charge is 0.264 e. The average molecular weight is 297 g/mol. The Hall–Kier alpha value is -0.520. The molecule has 0 amide bonds. The molecule has 0 fully saturated rings. The SMILES string of the molecule is CCc1nn(C/C=C/Cl)c(CC)c1S(=O)(=O)Cl. The zero-order chi connectivity index (χ0) is 13.1. The number of aryl methyl sites for hydroxylation is 1. The summed E-state index contributed by atoms with van der Waals surface area (Å²) < 4.78 is 24.7. The molecule has 1 heterocycles. The monoisotopic (exact) mass is 296 g/mol. The molecule has 0 aliphatic carbocycles. The standard InChI is InChI=1S/C10H14Cl2N2O2S/c1-3-8-10(17(12,15)16)9(4-2)14(13-8)7-5-6-11/h5-6H,3-4,7H2,1-2H3/b6-5+. The van der Waals surface area contributed by atoms with E-state index in [2.05, 4.69) is 5.10 Å². The van der Waals surface area contributed by atoms with Crippen LogP contribution in [0.25, 0.3) is 0 Å². The van der Waals surface area contributed by atoms with E-state index in [0.29, 0.717) is 30.8 Å². The van der Waals surface area contributed by atoms with E-state index in [9.17, 15) is 8.42 Å². The summed E-state index contributed by atoms with van der Waals surface area (Å²) in [6.07, 6.45) is 2.76. The van der Waals surface area contributed by atoms with Crippen molar-refractivity contribution in [2.75, 3.05) is 0 Å². The van der Waals surface area contributed by atoms with Gasteiger partial charge in [0.2, 0.25) is 0 Å². The quantitative estimate of drug-likeness (QED) is 0.785. The van der Waals surface area contributed by atoms with Crippen LogP contribution in [0.15, 0.2) is 16.5 Å². The predicted octanol–water partition coefficient (Wildman–Crippen LogP) is 2.69. The highest BCUT2D eigenvalue weighted by Crippen LogP contribution is 2.25. The third-order valence-electron chi connectivity index (χ3n) is 2.36. The topological polar surface area (TPSA) is 52.0 Å². The van der Waals surface area contributed by atoms with E-state index in [0.717, 1.165) is 0 Å². The number of hydrogen-bond donors (Lipinski definition) is 0. The lowest BCUT2D eigenvalue weighted by Crippen LogP contribution is -2.04. The van der Waals surface area contributed by atoms with E-state index >= 15 is 0 Å². The van der Waals surface area contributed by atoms with Crippen LogP contribution >= 0.6 is 22.3 Å². The van der Waals surface area contributed by atoms with Gasteiger partial charge in [0.05, 0.1) is 17.9 Å². The van der Waals surface area contributed by atoms with Crippen LogP contribution in [-0.2, 0) is 28.4 Å². The Morgan fingerprint density at radius 1 is 1.35 bits per heavy atom. The molecular weight excluding hydrogens is 283 g/mol. The van der Waals surface area contributed by atoms with Crippen molar-refractivity contribution in [3.8, 4) is 0 Å². The van der Waals surface area contributed by atoms with Gasteiger partial charge in [0.15, 0.2) is 0 Å². The van der Waals surface area contributed by atoms with E-state index in [1.165, 1.54) is 5.54 Å². The number of nitrogens with zero attached hydrogens (tertiary/aromatic N) is 2. The van der Waals surface area contributed by atoms with Crippen LogP contribution in [0, 0.1) is 0 Å². The maximum atomic E-state index is 11.5. The van der Waals surface area contributed by atoms with Gasteiger partial charge in [-0.3, -0.25) is 4.68 Å². The summed E-state index contributed by atoms with van der Waals surface area (Å²) in [6.45, 7) is 4.14. The van der Waals surface area contributed by atoms with Gasteiger partial charge < -0.3 is 0 Å². The molecule has 0 N–H and O–H groups in total. The van der Waals surface area contributed by atoms with Crippen molar-refractivity contribution in [3.05, 3.63) is 23.0 Å². The summed E-state index contributed by atoms with van der Waals surface area (Å²) in [7, 11) is 1.69. The number of aromatic nitrogens is 2. The maximum absolute atomic E-state index is 11.5. The van der Waals surface area contributed by atoms with Crippen LogP contribution in [0.1, 0.15) is 25.2 Å². The van der Waals surface area contributed by atoms with Gasteiger partial charge in [-0.25, -0.2) is 8.42 Å². The van der Waals surface area contributed by atoms with Crippen molar-refractivity contribution < 1.29 is 8.42 Å². The molecule has 0 atom stereocenters. The van der Waals surface area contributed by atoms with Crippen LogP contribution in [0.5, 0.6) is 0 Å². The molecule has 0 saturated heterocycles. The third-order valence-corrected chi connectivity index (χ3v) is 3.96. The van der Waals surface area contributed by atoms with Crippen LogP contribution in [0.4, 0.5) is 0 Å². The minimum atomic E-state index is -3.76. The highest BCUT2D eigenvalue weighted by Gasteiger charge is 2.24. The second-order valence-electron chi connectivity index (χ2n) is 3.41. The minimum Gasteiger partial charge on any atom is -0.264 e. The first kappa shape index (κ1) is 14.5. The lowest BCUT2D eigenvalue weighted by atomic mass is 10.2. The van der Waals surface area contributed by atoms with Crippen molar-refractivity contribution in [1.29, 1.82) is 0 Å². The molecule has 0 unspecified atom stereocenters. The summed E-state index contributed by atoms with van der Waals surface area (Å²) in [5.41, 5.74) is 2.49. The molecular formula is C10H14Cl2N2O2S. The summed E-state index contributed by atoms with van der Waals surface area (Å²) in [5, 5.41) is 4.25. The number of rotatable bonds is 5. The van der Waals surface area contributed by atoms with Crippen molar-refractivity contribution in [1.82, 2.24) is 9.78 Å². The van der Waals surface area contributed by atoms with Crippen molar-refractivity contribution in [3.63, 3.8) is 0 Å². The maximum Gasteiger partial charge on any atom is 0.264 e. The fourth-order valence-corrected chi connectivity index (χ4v) is 3.29. The summed E-state index contributed by atoms with van der Waals surface area (Å²) in [5.74, 6) is 0. The Bertz CT molecular complexity index is 521. The van der Waals surface area contributed by atoms with E-state index in [1.807, 2.05) is 13.8 Å². The number of halogens is 2. The molecule has 17 heavy (non-hydrogen) atoms. The molecule has 0 spiro atoms. The molecule has 0 aliphatic rings. The normalized spacial score (nSPS) is 12.5. The summed E-state index contributed by atoms with van der Waals surface area (Å²) >= 11 is 5.45. The van der Waals surface area contributed by atoms with E-state index in [1.54, 1.807) is 10.8 Å². The van der Waals surface area contributed by atoms with Crippen molar-refractivity contribution >= 4 is 31.3 Å². The summed E-state index contributed by atoms with van der Waals surface area (Å²) in [6, 6.07) is 0. The predicted molar refractivity (Wildman–Crippen MR) is 69.0 cm³/mol. The minimum absolute atomic E-state index is 0.145. The zero-order valence-electron chi connectivity index (χ0n) is 9.65. The first-order chi connectivity index (χ1) is 7.95. The molecule has 4 nitrogen and oxygen atoms in total. The molecule has 0 aliphatic heterocycles. The largest absolute Gasteiger partial charge is 0.264 e. The van der Waals surface area contributed by atoms with Gasteiger partial charge in [0.1, 0.15) is 4.90 Å². The molecule has 1 aromatic rings. The van der Waals surface area contributed by atoms with Crippen LogP contribution in [0.2, 0.25) is 0 Å². The first-order valence-electron chi connectivity index (χ1n) is 5.24. The molecule has 1 rings (SSSR count). The Balaban J connectivity index is 3.41. The van der Waals surface area contributed by atoms with Crippen LogP contribution < -0.4 is 0 Å². The lowest BCUT2D eigenvalue weighted by molar-refractivity contribution is 0.606. The van der Waals surface area contributed by atoms with E-state index in [4.69, 9.17) is 22.3 Å². The Morgan fingerprint density at radius 2 is 2.00 bits per heavy atom. The number of hydrogen-bond acceptors (Lipinski definition) is 3. The van der Waals surface area contributed by atoms with E-state index < -0.39 is 9.05 Å². The highest BCUT2D eigenvalue weighted by molar-refractivity contribution is 8.13. The van der Waals surface area contributed by atoms with Crippen LogP contribution in [0.3, 0.4) is 0 Å². The fraction of sp³-hybridized carbons (Fsp3) is 0.500. The fourth-order valence-electron chi connectivity index (χ4n) is 1.68. The van der Waals surface area contributed by atoms with Gasteiger partial charge in [-0.05, 0) is 12.8 Å². The molecule has 0 aromatic carbocycles. The third kappa shape index (κ3) is 3.24.